The Balaban J connectivity index is 3.15. The topological polar surface area (TPSA) is 37.3 Å². The summed E-state index contributed by atoms with van der Waals surface area (Å²) in [7, 11) is 0. The molecule has 0 bridgehead atoms. The molecule has 52 valence electrons. The second-order valence-corrected chi connectivity index (χ2v) is 2.36. The third-order valence-electron chi connectivity index (χ3n) is 0.765. The minimum atomic E-state index is -0.871. The van der Waals surface area contributed by atoms with Crippen molar-refractivity contribution in [2.24, 2.45) is 0 Å². The highest BCUT2D eigenvalue weighted by Crippen LogP contribution is 1.94. The van der Waals surface area contributed by atoms with E-state index in [1.165, 1.54) is 6.08 Å². The predicted molar refractivity (Wildman–Crippen MR) is 39.8 cm³/mol. The van der Waals surface area contributed by atoms with E-state index in [0.29, 0.717) is 0 Å². The van der Waals surface area contributed by atoms with E-state index in [2.05, 4.69) is 15.9 Å². The highest BCUT2D eigenvalue weighted by atomic mass is 79.9. The largest absolute Gasteiger partial charge is 0.478 e. The summed E-state index contributed by atoms with van der Waals surface area (Å²) in [5.41, 5.74) is 0. The van der Waals surface area contributed by atoms with Crippen LogP contribution in [0.2, 0.25) is 0 Å². The Morgan fingerprint density at radius 1 is 1.67 bits per heavy atom. The number of allylic oxidation sites excluding steroid dienone is 1. The van der Waals surface area contributed by atoms with E-state index < -0.39 is 5.97 Å². The van der Waals surface area contributed by atoms with Gasteiger partial charge in [-0.05, 0) is 12.8 Å². The third-order valence-corrected chi connectivity index (χ3v) is 1.33. The van der Waals surface area contributed by atoms with Gasteiger partial charge in [-0.3, -0.25) is 0 Å². The number of carbonyl (C=O) groups is 1. The highest BCUT2D eigenvalue weighted by Gasteiger charge is 1.83. The van der Waals surface area contributed by atoms with Gasteiger partial charge in [0.05, 0.1) is 0 Å². The smallest absolute Gasteiger partial charge is 0.327 e. The summed E-state index contributed by atoms with van der Waals surface area (Å²) in [6, 6.07) is 0. The van der Waals surface area contributed by atoms with E-state index in [0.717, 1.165) is 18.2 Å². The van der Waals surface area contributed by atoms with E-state index in [-0.39, 0.29) is 0 Å². The monoisotopic (exact) mass is 192 g/mol. The van der Waals surface area contributed by atoms with E-state index >= 15 is 0 Å². The Morgan fingerprint density at radius 3 is 2.78 bits per heavy atom. The van der Waals surface area contributed by atoms with Crippen molar-refractivity contribution in [3.8, 4) is 0 Å². The zero-order valence-corrected chi connectivity index (χ0v) is 6.60. The molecule has 0 aliphatic rings. The number of halogens is 1. The highest BCUT2D eigenvalue weighted by molar-refractivity contribution is 9.09. The fourth-order valence-corrected chi connectivity index (χ4v) is 0.703. The van der Waals surface area contributed by atoms with Crippen LogP contribution in [-0.2, 0) is 4.79 Å². The molecule has 0 aromatic carbocycles. The van der Waals surface area contributed by atoms with Gasteiger partial charge in [0.2, 0.25) is 0 Å². The summed E-state index contributed by atoms with van der Waals surface area (Å²) in [6.07, 6.45) is 4.65. The van der Waals surface area contributed by atoms with E-state index in [1.54, 1.807) is 6.08 Å². The second kappa shape index (κ2) is 5.82. The Morgan fingerprint density at radius 2 is 2.33 bits per heavy atom. The minimum absolute atomic E-state index is 0.831. The predicted octanol–water partition coefficient (Wildman–Crippen LogP) is 1.80. The molecule has 0 saturated heterocycles. The van der Waals surface area contributed by atoms with E-state index in [9.17, 15) is 4.79 Å². The van der Waals surface area contributed by atoms with Crippen molar-refractivity contribution in [2.45, 2.75) is 12.8 Å². The standard InChI is InChI=1S/C6H9BrO2/c7-5-3-1-2-4-6(8)9/h2,4H,1,3,5H2,(H,8,9)/b4-2+. The lowest BCUT2D eigenvalue weighted by molar-refractivity contribution is -0.131. The van der Waals surface area contributed by atoms with Crippen molar-refractivity contribution in [3.05, 3.63) is 12.2 Å². The average Bonchev–Trinajstić information content (AvgIpc) is 1.80. The van der Waals surface area contributed by atoms with Gasteiger partial charge in [-0.2, -0.15) is 0 Å². The van der Waals surface area contributed by atoms with Gasteiger partial charge in [-0.1, -0.05) is 22.0 Å². The van der Waals surface area contributed by atoms with Crippen LogP contribution >= 0.6 is 15.9 Å². The van der Waals surface area contributed by atoms with Crippen molar-refractivity contribution in [1.29, 1.82) is 0 Å². The Labute approximate surface area is 62.7 Å². The normalized spacial score (nSPS) is 10.3. The molecular weight excluding hydrogens is 184 g/mol. The van der Waals surface area contributed by atoms with Gasteiger partial charge in [0.25, 0.3) is 0 Å². The van der Waals surface area contributed by atoms with Crippen molar-refractivity contribution < 1.29 is 9.90 Å². The first kappa shape index (κ1) is 8.69. The molecule has 0 aromatic rings. The lowest BCUT2D eigenvalue weighted by Gasteiger charge is -1.84. The van der Waals surface area contributed by atoms with Crippen LogP contribution in [0.3, 0.4) is 0 Å². The number of rotatable bonds is 4. The summed E-state index contributed by atoms with van der Waals surface area (Å²) in [5.74, 6) is -0.871. The maximum Gasteiger partial charge on any atom is 0.327 e. The van der Waals surface area contributed by atoms with Crippen LogP contribution in [-0.4, -0.2) is 16.4 Å². The SMILES string of the molecule is O=C(O)/C=C/CCCBr. The van der Waals surface area contributed by atoms with Gasteiger partial charge < -0.3 is 5.11 Å². The first-order chi connectivity index (χ1) is 4.27. The Kier molecular flexibility index (Phi) is 5.62. The number of carboxylic acid groups (broad SMARTS) is 1. The summed E-state index contributed by atoms with van der Waals surface area (Å²) >= 11 is 3.24. The fraction of sp³-hybridized carbons (Fsp3) is 0.500. The molecule has 9 heavy (non-hydrogen) atoms. The molecular formula is C6H9BrO2. The van der Waals surface area contributed by atoms with Crippen molar-refractivity contribution in [3.63, 3.8) is 0 Å². The molecule has 0 aliphatic heterocycles. The molecule has 0 atom stereocenters. The van der Waals surface area contributed by atoms with Crippen LogP contribution in [0.25, 0.3) is 0 Å². The number of unbranched alkanes of at least 4 members (excludes halogenated alkanes) is 1. The molecule has 2 nitrogen and oxygen atoms in total. The molecule has 0 aliphatic carbocycles. The summed E-state index contributed by atoms with van der Waals surface area (Å²) in [5, 5.41) is 9.04. The molecule has 0 heterocycles. The fourth-order valence-electron chi connectivity index (χ4n) is 0.379. The van der Waals surface area contributed by atoms with Gasteiger partial charge in [-0.15, -0.1) is 0 Å². The van der Waals surface area contributed by atoms with Crippen molar-refractivity contribution >= 4 is 21.9 Å². The van der Waals surface area contributed by atoms with Crippen LogP contribution in [0, 0.1) is 0 Å². The maximum atomic E-state index is 9.86. The minimum Gasteiger partial charge on any atom is -0.478 e. The number of alkyl halides is 1. The first-order valence-electron chi connectivity index (χ1n) is 2.73. The quantitative estimate of drug-likeness (QED) is 0.420. The van der Waals surface area contributed by atoms with Gasteiger partial charge in [0.1, 0.15) is 0 Å². The number of hydrogen-bond acceptors (Lipinski definition) is 1. The lowest BCUT2D eigenvalue weighted by atomic mass is 10.3. The maximum absolute atomic E-state index is 9.86. The molecule has 0 radical (unpaired) electrons. The summed E-state index contributed by atoms with van der Waals surface area (Å²) < 4.78 is 0. The number of aliphatic carboxylic acids is 1. The average molecular weight is 193 g/mol. The summed E-state index contributed by atoms with van der Waals surface area (Å²) in [6.45, 7) is 0. The van der Waals surface area contributed by atoms with Crippen molar-refractivity contribution in [1.82, 2.24) is 0 Å². The molecule has 0 fully saturated rings. The van der Waals surface area contributed by atoms with Crippen LogP contribution in [0.5, 0.6) is 0 Å². The molecule has 0 saturated carbocycles. The molecule has 3 heteroatoms. The second-order valence-electron chi connectivity index (χ2n) is 1.57. The van der Waals surface area contributed by atoms with Gasteiger partial charge in [-0.25, -0.2) is 4.79 Å². The molecule has 0 unspecified atom stereocenters. The van der Waals surface area contributed by atoms with Crippen LogP contribution in [0.4, 0.5) is 0 Å². The third kappa shape index (κ3) is 7.69. The van der Waals surface area contributed by atoms with Gasteiger partial charge in [0.15, 0.2) is 0 Å². The van der Waals surface area contributed by atoms with Crippen LogP contribution in [0.15, 0.2) is 12.2 Å². The van der Waals surface area contributed by atoms with Crippen LogP contribution in [0.1, 0.15) is 12.8 Å². The van der Waals surface area contributed by atoms with Crippen molar-refractivity contribution in [2.75, 3.05) is 5.33 Å². The van der Waals surface area contributed by atoms with Gasteiger partial charge in [0, 0.05) is 11.4 Å². The Bertz CT molecular complexity index is 110. The molecule has 1 N–H and O–H groups in total. The summed E-state index contributed by atoms with van der Waals surface area (Å²) in [4.78, 5) is 9.86. The lowest BCUT2D eigenvalue weighted by Crippen LogP contribution is -1.85. The number of carboxylic acids is 1. The van der Waals surface area contributed by atoms with Gasteiger partial charge >= 0.3 is 5.97 Å². The molecule has 0 aromatic heterocycles. The zero-order valence-electron chi connectivity index (χ0n) is 5.01. The molecule has 0 spiro atoms. The van der Waals surface area contributed by atoms with Crippen LogP contribution < -0.4 is 0 Å². The Hall–Kier alpha value is -0.310. The zero-order chi connectivity index (χ0) is 7.11. The molecule has 0 rings (SSSR count). The van der Waals surface area contributed by atoms with E-state index in [4.69, 9.17) is 5.11 Å². The number of hydrogen-bond donors (Lipinski definition) is 1. The first-order valence-corrected chi connectivity index (χ1v) is 3.85. The van der Waals surface area contributed by atoms with E-state index in [1.807, 2.05) is 0 Å². The molecule has 0 amide bonds.